The molecule has 0 aromatic heterocycles. The molecule has 0 saturated heterocycles. The molecule has 2 amide bonds. The summed E-state index contributed by atoms with van der Waals surface area (Å²) in [4.78, 5) is 12.2. The highest BCUT2D eigenvalue weighted by atomic mass is 16.5. The van der Waals surface area contributed by atoms with E-state index in [9.17, 15) is 9.90 Å². The predicted octanol–water partition coefficient (Wildman–Crippen LogP) is 1.79. The van der Waals surface area contributed by atoms with E-state index in [1.54, 1.807) is 7.11 Å². The number of hydrogen-bond acceptors (Lipinski definition) is 3. The molecule has 116 valence electrons. The van der Waals surface area contributed by atoms with Crippen molar-refractivity contribution in [2.45, 2.75) is 69.6 Å². The molecule has 2 saturated carbocycles. The van der Waals surface area contributed by atoms with Gasteiger partial charge in [0, 0.05) is 7.11 Å². The second-order valence-corrected chi connectivity index (χ2v) is 6.47. The number of amides is 2. The Kier molecular flexibility index (Phi) is 5.27. The molecule has 0 aromatic rings. The van der Waals surface area contributed by atoms with E-state index in [1.165, 1.54) is 6.42 Å². The molecule has 20 heavy (non-hydrogen) atoms. The first-order valence-corrected chi connectivity index (χ1v) is 7.81. The molecule has 3 N–H and O–H groups in total. The van der Waals surface area contributed by atoms with Gasteiger partial charge in [0.1, 0.15) is 0 Å². The molecule has 0 unspecified atom stereocenters. The highest BCUT2D eigenvalue weighted by Gasteiger charge is 2.42. The van der Waals surface area contributed by atoms with Gasteiger partial charge < -0.3 is 20.5 Å². The van der Waals surface area contributed by atoms with Crippen LogP contribution in [0.1, 0.15) is 51.9 Å². The van der Waals surface area contributed by atoms with Gasteiger partial charge in [-0.1, -0.05) is 19.3 Å². The summed E-state index contributed by atoms with van der Waals surface area (Å²) >= 11 is 0. The fraction of sp³-hybridized carbons (Fsp3) is 0.933. The number of methoxy groups -OCH3 is 1. The molecule has 5 nitrogen and oxygen atoms in total. The van der Waals surface area contributed by atoms with Gasteiger partial charge in [-0.05, 0) is 38.5 Å². The minimum Gasteiger partial charge on any atom is -0.394 e. The van der Waals surface area contributed by atoms with Crippen LogP contribution in [0.2, 0.25) is 0 Å². The van der Waals surface area contributed by atoms with Gasteiger partial charge in [0.25, 0.3) is 0 Å². The molecule has 0 spiro atoms. The average molecular weight is 284 g/mol. The Bertz CT molecular complexity index is 333. The lowest BCUT2D eigenvalue weighted by Gasteiger charge is -2.31. The normalized spacial score (nSPS) is 30.1. The summed E-state index contributed by atoms with van der Waals surface area (Å²) in [6.45, 7) is 1.91. The van der Waals surface area contributed by atoms with Crippen LogP contribution in [0, 0.1) is 5.92 Å². The lowest BCUT2D eigenvalue weighted by molar-refractivity contribution is 0.0647. The summed E-state index contributed by atoms with van der Waals surface area (Å²) in [5.41, 5.74) is -0.489. The van der Waals surface area contributed by atoms with E-state index < -0.39 is 5.54 Å². The number of carbonyl (C=O) groups is 1. The van der Waals surface area contributed by atoms with E-state index in [2.05, 4.69) is 10.6 Å². The van der Waals surface area contributed by atoms with Crippen molar-refractivity contribution >= 4 is 6.03 Å². The monoisotopic (exact) mass is 284 g/mol. The molecule has 0 aliphatic heterocycles. The lowest BCUT2D eigenvalue weighted by Crippen LogP contribution is -2.57. The SMILES string of the molecule is CO[C@@H]1CCCCC[C@@H]1NC(=O)N[C@@](C)(CO)C1CC1. The second kappa shape index (κ2) is 6.76. The van der Waals surface area contributed by atoms with Crippen LogP contribution < -0.4 is 10.6 Å². The summed E-state index contributed by atoms with van der Waals surface area (Å²) in [6, 6.07) is -0.105. The summed E-state index contributed by atoms with van der Waals surface area (Å²) < 4.78 is 5.51. The lowest BCUT2D eigenvalue weighted by atomic mass is 9.97. The number of urea groups is 1. The second-order valence-electron chi connectivity index (χ2n) is 6.47. The van der Waals surface area contributed by atoms with Crippen LogP contribution in [0.15, 0.2) is 0 Å². The number of aliphatic hydroxyl groups excluding tert-OH is 1. The van der Waals surface area contributed by atoms with Crippen molar-refractivity contribution in [1.82, 2.24) is 10.6 Å². The maximum Gasteiger partial charge on any atom is 0.315 e. The fourth-order valence-electron chi connectivity index (χ4n) is 3.18. The van der Waals surface area contributed by atoms with Crippen molar-refractivity contribution in [3.8, 4) is 0 Å². The van der Waals surface area contributed by atoms with Gasteiger partial charge in [-0.25, -0.2) is 4.79 Å². The van der Waals surface area contributed by atoms with Crippen LogP contribution in [0.4, 0.5) is 4.79 Å². The number of rotatable bonds is 5. The Balaban J connectivity index is 1.88. The Morgan fingerprint density at radius 1 is 1.25 bits per heavy atom. The van der Waals surface area contributed by atoms with Gasteiger partial charge in [-0.3, -0.25) is 0 Å². The molecule has 0 aromatic carbocycles. The average Bonchev–Trinajstić information content (AvgIpc) is 3.26. The maximum atomic E-state index is 12.2. The zero-order valence-electron chi connectivity index (χ0n) is 12.7. The van der Waals surface area contributed by atoms with E-state index in [0.29, 0.717) is 5.92 Å². The number of aliphatic hydroxyl groups is 1. The fourth-order valence-corrected chi connectivity index (χ4v) is 3.18. The molecule has 0 bridgehead atoms. The standard InChI is InChI=1S/C15H28N2O3/c1-15(10-18,11-8-9-11)17-14(19)16-12-6-4-3-5-7-13(12)20-2/h11-13,18H,3-10H2,1-2H3,(H2,16,17,19)/t12-,13+,15-/m0/s1. The molecule has 0 heterocycles. The highest BCUT2D eigenvalue weighted by Crippen LogP contribution is 2.39. The molecular formula is C15H28N2O3. The Labute approximate surface area is 121 Å². The number of hydrogen-bond donors (Lipinski definition) is 3. The first kappa shape index (κ1) is 15.6. The maximum absolute atomic E-state index is 12.2. The van der Waals surface area contributed by atoms with Crippen molar-refractivity contribution in [2.24, 2.45) is 5.92 Å². The van der Waals surface area contributed by atoms with Crippen LogP contribution >= 0.6 is 0 Å². The number of ether oxygens (including phenoxy) is 1. The van der Waals surface area contributed by atoms with E-state index in [0.717, 1.165) is 38.5 Å². The van der Waals surface area contributed by atoms with Crippen molar-refractivity contribution < 1.29 is 14.6 Å². The van der Waals surface area contributed by atoms with E-state index >= 15 is 0 Å². The first-order valence-electron chi connectivity index (χ1n) is 7.81. The first-order chi connectivity index (χ1) is 9.59. The molecule has 2 aliphatic carbocycles. The van der Waals surface area contributed by atoms with E-state index in [1.807, 2.05) is 6.92 Å². The molecule has 5 heteroatoms. The Morgan fingerprint density at radius 2 is 1.95 bits per heavy atom. The Morgan fingerprint density at radius 3 is 2.55 bits per heavy atom. The summed E-state index contributed by atoms with van der Waals surface area (Å²) in [7, 11) is 1.71. The largest absolute Gasteiger partial charge is 0.394 e. The molecule has 2 fully saturated rings. The zero-order valence-corrected chi connectivity index (χ0v) is 12.7. The minimum atomic E-state index is -0.489. The third kappa shape index (κ3) is 3.85. The van der Waals surface area contributed by atoms with Crippen LogP contribution in [-0.2, 0) is 4.74 Å². The van der Waals surface area contributed by atoms with Gasteiger partial charge in [0.05, 0.1) is 24.3 Å². The summed E-state index contributed by atoms with van der Waals surface area (Å²) in [5, 5.41) is 15.5. The highest BCUT2D eigenvalue weighted by molar-refractivity contribution is 5.75. The molecule has 0 radical (unpaired) electrons. The van der Waals surface area contributed by atoms with Gasteiger partial charge in [-0.15, -0.1) is 0 Å². The zero-order chi connectivity index (χ0) is 14.6. The quantitative estimate of drug-likeness (QED) is 0.674. The van der Waals surface area contributed by atoms with Crippen molar-refractivity contribution in [2.75, 3.05) is 13.7 Å². The number of carbonyl (C=O) groups excluding carboxylic acids is 1. The third-order valence-electron chi connectivity index (χ3n) is 4.78. The summed E-state index contributed by atoms with van der Waals surface area (Å²) in [6.07, 6.45) is 7.73. The topological polar surface area (TPSA) is 70.6 Å². The van der Waals surface area contributed by atoms with Crippen LogP contribution in [-0.4, -0.2) is 42.5 Å². The molecule has 2 rings (SSSR count). The van der Waals surface area contributed by atoms with E-state index in [-0.39, 0.29) is 24.8 Å². The molecular weight excluding hydrogens is 256 g/mol. The van der Waals surface area contributed by atoms with Gasteiger partial charge in [0.15, 0.2) is 0 Å². The Hall–Kier alpha value is -0.810. The van der Waals surface area contributed by atoms with Crippen molar-refractivity contribution in [3.05, 3.63) is 0 Å². The van der Waals surface area contributed by atoms with Crippen LogP contribution in [0.25, 0.3) is 0 Å². The van der Waals surface area contributed by atoms with E-state index in [4.69, 9.17) is 4.74 Å². The third-order valence-corrected chi connectivity index (χ3v) is 4.78. The number of nitrogens with one attached hydrogen (secondary N) is 2. The van der Waals surface area contributed by atoms with Gasteiger partial charge in [0.2, 0.25) is 0 Å². The van der Waals surface area contributed by atoms with Crippen LogP contribution in [0.5, 0.6) is 0 Å². The van der Waals surface area contributed by atoms with Crippen LogP contribution in [0.3, 0.4) is 0 Å². The molecule has 2 aliphatic rings. The smallest absolute Gasteiger partial charge is 0.315 e. The van der Waals surface area contributed by atoms with Crippen molar-refractivity contribution in [3.63, 3.8) is 0 Å². The molecule has 3 atom stereocenters. The predicted molar refractivity (Wildman–Crippen MR) is 77.6 cm³/mol. The van der Waals surface area contributed by atoms with Crippen molar-refractivity contribution in [1.29, 1.82) is 0 Å². The van der Waals surface area contributed by atoms with Gasteiger partial charge in [-0.2, -0.15) is 0 Å². The minimum absolute atomic E-state index is 0.0105. The summed E-state index contributed by atoms with van der Waals surface area (Å²) in [5.74, 6) is 0.408. The van der Waals surface area contributed by atoms with Gasteiger partial charge >= 0.3 is 6.03 Å².